The fraction of sp³-hybridized carbons (Fsp3) is 0.125. The topological polar surface area (TPSA) is 112 Å². The van der Waals surface area contributed by atoms with Crippen LogP contribution < -0.4 is 10.2 Å². The maximum absolute atomic E-state index is 13.5. The third-order valence-electron chi connectivity index (χ3n) is 3.89. The van der Waals surface area contributed by atoms with Crippen LogP contribution in [0, 0.1) is 5.82 Å². The largest absolute Gasteiger partial charge is 0.494 e. The Labute approximate surface area is 155 Å². The third-order valence-corrected chi connectivity index (χ3v) is 5.20. The molecule has 0 saturated heterocycles. The minimum atomic E-state index is -3.97. The average Bonchev–Trinajstić information content (AvgIpc) is 2.91. The van der Waals surface area contributed by atoms with Crippen molar-refractivity contribution in [3.63, 3.8) is 0 Å². The van der Waals surface area contributed by atoms with Crippen molar-refractivity contribution in [1.82, 2.24) is 5.01 Å². The van der Waals surface area contributed by atoms with Crippen molar-refractivity contribution in [2.75, 3.05) is 14.2 Å². The van der Waals surface area contributed by atoms with E-state index >= 15 is 0 Å². The molecule has 0 amide bonds. The van der Waals surface area contributed by atoms with Crippen LogP contribution in [0.5, 0.6) is 5.75 Å². The first-order chi connectivity index (χ1) is 12.7. The maximum Gasteiger partial charge on any atom is 0.488 e. The monoisotopic (exact) mass is 391 g/mol. The molecule has 140 valence electrons. The van der Waals surface area contributed by atoms with E-state index < -0.39 is 23.0 Å². The highest BCUT2D eigenvalue weighted by Crippen LogP contribution is 2.26. The van der Waals surface area contributed by atoms with Crippen LogP contribution in [0.4, 0.5) is 4.39 Å². The number of amidine groups is 1. The van der Waals surface area contributed by atoms with Crippen LogP contribution in [0.15, 0.2) is 50.8 Å². The summed E-state index contributed by atoms with van der Waals surface area (Å²) in [5.74, 6) is -0.373. The highest BCUT2D eigenvalue weighted by atomic mass is 32.2. The summed E-state index contributed by atoms with van der Waals surface area (Å²) in [5.41, 5.74) is 0.870. The summed E-state index contributed by atoms with van der Waals surface area (Å²) < 4.78 is 46.6. The smallest absolute Gasteiger partial charge is 0.488 e. The van der Waals surface area contributed by atoms with Crippen molar-refractivity contribution in [2.24, 2.45) is 9.50 Å². The number of rotatable bonds is 4. The van der Waals surface area contributed by atoms with Gasteiger partial charge in [-0.15, -0.1) is 4.40 Å². The molecule has 27 heavy (non-hydrogen) atoms. The first kappa shape index (κ1) is 19.0. The maximum atomic E-state index is 13.5. The van der Waals surface area contributed by atoms with Crippen molar-refractivity contribution in [2.45, 2.75) is 4.90 Å². The van der Waals surface area contributed by atoms with Crippen LogP contribution in [-0.4, -0.2) is 56.8 Å². The van der Waals surface area contributed by atoms with E-state index in [1.165, 1.54) is 55.7 Å². The molecule has 2 aromatic carbocycles. The summed E-state index contributed by atoms with van der Waals surface area (Å²) in [6.07, 6.45) is 1.40. The van der Waals surface area contributed by atoms with Gasteiger partial charge in [0.2, 0.25) is 0 Å². The van der Waals surface area contributed by atoms with Crippen molar-refractivity contribution >= 4 is 34.7 Å². The molecule has 0 unspecified atom stereocenters. The normalized spacial score (nSPS) is 14.8. The molecule has 0 fully saturated rings. The molecule has 11 heteroatoms. The van der Waals surface area contributed by atoms with Gasteiger partial charge < -0.3 is 14.8 Å². The van der Waals surface area contributed by atoms with Gasteiger partial charge in [0.05, 0.1) is 13.3 Å². The van der Waals surface area contributed by atoms with Crippen LogP contribution in [0.2, 0.25) is 0 Å². The van der Waals surface area contributed by atoms with E-state index in [-0.39, 0.29) is 27.5 Å². The highest BCUT2D eigenvalue weighted by Gasteiger charge is 2.32. The number of hydrazone groups is 1. The van der Waals surface area contributed by atoms with E-state index in [0.717, 1.165) is 6.07 Å². The van der Waals surface area contributed by atoms with Gasteiger partial charge in [-0.2, -0.15) is 13.5 Å². The van der Waals surface area contributed by atoms with E-state index in [4.69, 9.17) is 4.74 Å². The molecule has 0 atom stereocenters. The van der Waals surface area contributed by atoms with Crippen LogP contribution in [-0.2, 0) is 10.0 Å². The van der Waals surface area contributed by atoms with Gasteiger partial charge in [0.15, 0.2) is 17.4 Å². The predicted octanol–water partition coefficient (Wildman–Crippen LogP) is -0.0711. The molecule has 0 spiro atoms. The Kier molecular flexibility index (Phi) is 5.00. The van der Waals surface area contributed by atoms with Crippen molar-refractivity contribution < 1.29 is 27.6 Å². The van der Waals surface area contributed by atoms with E-state index in [1.807, 2.05) is 0 Å². The number of halogens is 1. The van der Waals surface area contributed by atoms with E-state index in [2.05, 4.69) is 9.50 Å². The van der Waals surface area contributed by atoms with Gasteiger partial charge in [-0.1, -0.05) is 18.2 Å². The van der Waals surface area contributed by atoms with Gasteiger partial charge in [0.25, 0.3) is 10.0 Å². The summed E-state index contributed by atoms with van der Waals surface area (Å²) in [6, 6.07) is 8.15. The lowest BCUT2D eigenvalue weighted by Gasteiger charge is -2.13. The molecule has 2 aromatic rings. The summed E-state index contributed by atoms with van der Waals surface area (Å²) in [4.78, 5) is -0.131. The van der Waals surface area contributed by atoms with Crippen molar-refractivity contribution in [3.8, 4) is 5.75 Å². The lowest BCUT2D eigenvalue weighted by atomic mass is 9.80. The highest BCUT2D eigenvalue weighted by molar-refractivity contribution is 7.90. The number of sulfonamides is 1. The SMILES string of the molecule is COc1cc(/C=N/N(C)C2=NS(=O)(=O)c3cc(B(O)O)ccc32)ccc1F. The van der Waals surface area contributed by atoms with Crippen LogP contribution in [0.1, 0.15) is 11.1 Å². The zero-order valence-electron chi connectivity index (χ0n) is 14.4. The molecule has 1 heterocycles. The van der Waals surface area contributed by atoms with E-state index in [1.54, 1.807) is 0 Å². The summed E-state index contributed by atoms with van der Waals surface area (Å²) >= 11 is 0. The second-order valence-electron chi connectivity index (χ2n) is 5.68. The fourth-order valence-corrected chi connectivity index (χ4v) is 3.77. The van der Waals surface area contributed by atoms with E-state index in [9.17, 15) is 22.9 Å². The Hall–Kier alpha value is -2.76. The molecule has 8 nitrogen and oxygen atoms in total. The molecule has 0 aliphatic carbocycles. The molecule has 0 radical (unpaired) electrons. The Morgan fingerprint density at radius 1 is 1.26 bits per heavy atom. The fourth-order valence-electron chi connectivity index (χ4n) is 2.51. The van der Waals surface area contributed by atoms with Crippen molar-refractivity contribution in [1.29, 1.82) is 0 Å². The Bertz CT molecular complexity index is 1060. The van der Waals surface area contributed by atoms with Crippen LogP contribution in [0.3, 0.4) is 0 Å². The third kappa shape index (κ3) is 3.70. The van der Waals surface area contributed by atoms with Crippen LogP contribution >= 0.6 is 0 Å². The first-order valence-corrected chi connectivity index (χ1v) is 9.13. The minimum Gasteiger partial charge on any atom is -0.494 e. The number of fused-ring (bicyclic) bond motifs is 1. The molecule has 1 aliphatic rings. The van der Waals surface area contributed by atoms with Gasteiger partial charge in [-0.25, -0.2) is 9.40 Å². The number of hydrogen-bond acceptors (Lipinski definition) is 7. The number of hydrogen-bond donors (Lipinski definition) is 2. The summed E-state index contributed by atoms with van der Waals surface area (Å²) in [5, 5.41) is 23.8. The molecule has 0 aromatic heterocycles. The number of benzene rings is 2. The average molecular weight is 391 g/mol. The predicted molar refractivity (Wildman–Crippen MR) is 98.3 cm³/mol. The Morgan fingerprint density at radius 2 is 2.00 bits per heavy atom. The van der Waals surface area contributed by atoms with Gasteiger partial charge in [0.1, 0.15) is 4.90 Å². The van der Waals surface area contributed by atoms with Gasteiger partial charge >= 0.3 is 7.12 Å². The summed E-state index contributed by atoms with van der Waals surface area (Å²) in [6.45, 7) is 0. The van der Waals surface area contributed by atoms with Crippen LogP contribution in [0.25, 0.3) is 0 Å². The Balaban J connectivity index is 1.92. The zero-order valence-corrected chi connectivity index (χ0v) is 15.2. The Morgan fingerprint density at radius 3 is 2.67 bits per heavy atom. The van der Waals surface area contributed by atoms with E-state index in [0.29, 0.717) is 5.56 Å². The standard InChI is InChI=1S/C16H15BFN3O5S/c1-21(19-9-10-3-6-13(18)14(7-10)26-2)16-12-5-4-11(17(22)23)8-15(12)27(24,25)20-16/h3-9,22-23H,1-2H3/b19-9+. The van der Waals surface area contributed by atoms with Gasteiger partial charge in [-0.05, 0) is 29.2 Å². The van der Waals surface area contributed by atoms with Gasteiger partial charge in [-0.3, -0.25) is 0 Å². The quantitative estimate of drug-likeness (QED) is 0.429. The lowest BCUT2D eigenvalue weighted by molar-refractivity contribution is 0.386. The number of nitrogens with zero attached hydrogens (tertiary/aromatic N) is 3. The molecular weight excluding hydrogens is 376 g/mol. The molecule has 3 rings (SSSR count). The number of ether oxygens (including phenoxy) is 1. The first-order valence-electron chi connectivity index (χ1n) is 7.69. The molecule has 0 bridgehead atoms. The second-order valence-corrected chi connectivity index (χ2v) is 7.25. The molecular formula is C16H15BFN3O5S. The second kappa shape index (κ2) is 7.10. The molecule has 0 saturated carbocycles. The summed E-state index contributed by atoms with van der Waals surface area (Å²) in [7, 11) is -2.91. The number of methoxy groups -OCH3 is 1. The zero-order chi connectivity index (χ0) is 19.8. The molecule has 2 N–H and O–H groups in total. The molecule has 1 aliphatic heterocycles. The minimum absolute atomic E-state index is 0.0401. The van der Waals surface area contributed by atoms with Crippen molar-refractivity contribution in [3.05, 3.63) is 53.3 Å². The van der Waals surface area contributed by atoms with Gasteiger partial charge in [0, 0.05) is 12.6 Å². The lowest BCUT2D eigenvalue weighted by Crippen LogP contribution is -2.30.